The fraction of sp³-hybridized carbons (Fsp3) is 0.0476. The van der Waals surface area contributed by atoms with Gasteiger partial charge in [0, 0.05) is 5.02 Å². The van der Waals surface area contributed by atoms with Gasteiger partial charge in [-0.05, 0) is 42.5 Å². The number of halogens is 2. The van der Waals surface area contributed by atoms with Gasteiger partial charge in [0.25, 0.3) is 5.91 Å². The van der Waals surface area contributed by atoms with Crippen LogP contribution in [0.3, 0.4) is 0 Å². The molecule has 0 aliphatic heterocycles. The molecule has 0 bridgehead atoms. The molecule has 7 heteroatoms. The summed E-state index contributed by atoms with van der Waals surface area (Å²) >= 11 is 5.66. The van der Waals surface area contributed by atoms with Gasteiger partial charge in [-0.2, -0.15) is 0 Å². The maximum atomic E-state index is 13.7. The Hall–Kier alpha value is -3.38. The van der Waals surface area contributed by atoms with Gasteiger partial charge in [0.15, 0.2) is 6.61 Å². The number of hydrogen-bond acceptors (Lipinski definition) is 4. The Kier molecular flexibility index (Phi) is 6.24. The van der Waals surface area contributed by atoms with Crippen LogP contribution in [0, 0.1) is 5.82 Å². The standard InChI is InChI=1S/C21H15ClFNO4/c22-14-10-11-18(17(23)12-14)24-20(25)13-27-21(26)16-8-4-5-9-19(16)28-15-6-2-1-3-7-15/h1-12H,13H2,(H,24,25). The van der Waals surface area contributed by atoms with E-state index in [9.17, 15) is 14.0 Å². The van der Waals surface area contributed by atoms with Crippen molar-refractivity contribution in [2.75, 3.05) is 11.9 Å². The molecule has 0 saturated carbocycles. The van der Waals surface area contributed by atoms with E-state index in [2.05, 4.69) is 5.32 Å². The summed E-state index contributed by atoms with van der Waals surface area (Å²) < 4.78 is 24.4. The van der Waals surface area contributed by atoms with Crippen molar-refractivity contribution < 1.29 is 23.5 Å². The largest absolute Gasteiger partial charge is 0.456 e. The van der Waals surface area contributed by atoms with Crippen LogP contribution in [0.1, 0.15) is 10.4 Å². The van der Waals surface area contributed by atoms with E-state index in [1.807, 2.05) is 6.07 Å². The minimum absolute atomic E-state index is 0.0572. The number of carbonyl (C=O) groups excluding carboxylic acids is 2. The van der Waals surface area contributed by atoms with Crippen molar-refractivity contribution in [2.24, 2.45) is 0 Å². The van der Waals surface area contributed by atoms with Gasteiger partial charge < -0.3 is 14.8 Å². The minimum Gasteiger partial charge on any atom is -0.456 e. The molecule has 0 unspecified atom stereocenters. The van der Waals surface area contributed by atoms with Crippen LogP contribution in [0.15, 0.2) is 72.8 Å². The lowest BCUT2D eigenvalue weighted by Crippen LogP contribution is -2.21. The normalized spacial score (nSPS) is 10.2. The molecule has 0 saturated heterocycles. The first-order valence-electron chi connectivity index (χ1n) is 8.27. The van der Waals surface area contributed by atoms with E-state index in [0.29, 0.717) is 11.5 Å². The van der Waals surface area contributed by atoms with Crippen molar-refractivity contribution in [1.29, 1.82) is 0 Å². The first-order chi connectivity index (χ1) is 13.5. The molecule has 1 amide bonds. The highest BCUT2D eigenvalue weighted by Crippen LogP contribution is 2.25. The summed E-state index contributed by atoms with van der Waals surface area (Å²) in [5.41, 5.74) is 0.107. The van der Waals surface area contributed by atoms with Crippen LogP contribution in [0.2, 0.25) is 5.02 Å². The van der Waals surface area contributed by atoms with Gasteiger partial charge in [-0.25, -0.2) is 9.18 Å². The highest BCUT2D eigenvalue weighted by molar-refractivity contribution is 6.30. The number of para-hydroxylation sites is 2. The van der Waals surface area contributed by atoms with Gasteiger partial charge in [-0.3, -0.25) is 4.79 Å². The van der Waals surface area contributed by atoms with Crippen LogP contribution < -0.4 is 10.1 Å². The Labute approximate surface area is 165 Å². The molecule has 1 N–H and O–H groups in total. The quantitative estimate of drug-likeness (QED) is 0.588. The topological polar surface area (TPSA) is 64.6 Å². The molecule has 0 aromatic heterocycles. The van der Waals surface area contributed by atoms with Gasteiger partial charge in [0.05, 0.1) is 5.69 Å². The molecule has 0 fully saturated rings. The van der Waals surface area contributed by atoms with E-state index >= 15 is 0 Å². The molecule has 0 atom stereocenters. The molecular formula is C21H15ClFNO4. The first-order valence-corrected chi connectivity index (χ1v) is 8.64. The van der Waals surface area contributed by atoms with Crippen molar-refractivity contribution in [2.45, 2.75) is 0 Å². The van der Waals surface area contributed by atoms with Gasteiger partial charge in [-0.15, -0.1) is 0 Å². The Balaban J connectivity index is 1.62. The summed E-state index contributed by atoms with van der Waals surface area (Å²) in [6.07, 6.45) is 0. The molecule has 28 heavy (non-hydrogen) atoms. The number of anilines is 1. The summed E-state index contributed by atoms with van der Waals surface area (Å²) in [5, 5.41) is 2.52. The summed E-state index contributed by atoms with van der Waals surface area (Å²) in [6, 6.07) is 19.3. The average molecular weight is 400 g/mol. The van der Waals surface area contributed by atoms with Crippen molar-refractivity contribution in [1.82, 2.24) is 0 Å². The minimum atomic E-state index is -0.738. The Morgan fingerprint density at radius 1 is 0.964 bits per heavy atom. The number of hydrogen-bond donors (Lipinski definition) is 1. The molecule has 0 radical (unpaired) electrons. The lowest BCUT2D eigenvalue weighted by molar-refractivity contribution is -0.119. The number of ether oxygens (including phenoxy) is 2. The monoisotopic (exact) mass is 399 g/mol. The maximum Gasteiger partial charge on any atom is 0.342 e. The third-order valence-corrected chi connectivity index (χ3v) is 3.85. The molecule has 0 spiro atoms. The van der Waals surface area contributed by atoms with Gasteiger partial charge in [0.2, 0.25) is 0 Å². The molecule has 3 aromatic carbocycles. The molecule has 3 aromatic rings. The third kappa shape index (κ3) is 5.08. The van der Waals surface area contributed by atoms with Crippen molar-refractivity contribution in [3.63, 3.8) is 0 Å². The van der Waals surface area contributed by atoms with Gasteiger partial charge in [-0.1, -0.05) is 41.9 Å². The molecule has 0 aliphatic rings. The molecule has 0 aliphatic carbocycles. The van der Waals surface area contributed by atoms with E-state index < -0.39 is 24.3 Å². The van der Waals surface area contributed by atoms with Crippen molar-refractivity contribution >= 4 is 29.2 Å². The predicted molar refractivity (Wildman–Crippen MR) is 103 cm³/mol. The second kappa shape index (κ2) is 9.01. The Morgan fingerprint density at radius 3 is 2.43 bits per heavy atom. The lowest BCUT2D eigenvalue weighted by Gasteiger charge is -2.11. The molecule has 3 rings (SSSR count). The number of rotatable bonds is 6. The van der Waals surface area contributed by atoms with E-state index in [1.54, 1.807) is 42.5 Å². The highest BCUT2D eigenvalue weighted by atomic mass is 35.5. The van der Waals surface area contributed by atoms with Crippen molar-refractivity contribution in [3.05, 3.63) is 89.2 Å². The van der Waals surface area contributed by atoms with Crippen LogP contribution >= 0.6 is 11.6 Å². The second-order valence-corrected chi connectivity index (χ2v) is 6.10. The van der Waals surface area contributed by atoms with Gasteiger partial charge >= 0.3 is 5.97 Å². The fourth-order valence-corrected chi connectivity index (χ4v) is 2.48. The average Bonchev–Trinajstić information content (AvgIpc) is 2.69. The summed E-state index contributed by atoms with van der Waals surface area (Å²) in [7, 11) is 0. The smallest absolute Gasteiger partial charge is 0.342 e. The number of amides is 1. The molecule has 0 heterocycles. The summed E-state index contributed by atoms with van der Waals surface area (Å²) in [4.78, 5) is 24.3. The second-order valence-electron chi connectivity index (χ2n) is 5.66. The van der Waals surface area contributed by atoms with E-state index in [0.717, 1.165) is 6.07 Å². The number of esters is 1. The molecular weight excluding hydrogens is 385 g/mol. The van der Waals surface area contributed by atoms with Crippen LogP contribution in [0.4, 0.5) is 10.1 Å². The summed E-state index contributed by atoms with van der Waals surface area (Å²) in [6.45, 7) is -0.583. The Bertz CT molecular complexity index is 995. The summed E-state index contributed by atoms with van der Waals surface area (Å²) in [5.74, 6) is -1.26. The van der Waals surface area contributed by atoms with E-state index in [1.165, 1.54) is 18.2 Å². The number of nitrogens with one attached hydrogen (secondary N) is 1. The highest BCUT2D eigenvalue weighted by Gasteiger charge is 2.16. The molecule has 5 nitrogen and oxygen atoms in total. The van der Waals surface area contributed by atoms with Crippen LogP contribution in [0.25, 0.3) is 0 Å². The fourth-order valence-electron chi connectivity index (χ4n) is 2.33. The van der Waals surface area contributed by atoms with Crippen molar-refractivity contribution in [3.8, 4) is 11.5 Å². The zero-order valence-corrected chi connectivity index (χ0v) is 15.3. The number of benzene rings is 3. The zero-order chi connectivity index (χ0) is 19.9. The first kappa shape index (κ1) is 19.4. The van der Waals surface area contributed by atoms with Crippen LogP contribution in [-0.2, 0) is 9.53 Å². The van der Waals surface area contributed by atoms with E-state index in [4.69, 9.17) is 21.1 Å². The lowest BCUT2D eigenvalue weighted by atomic mass is 10.2. The molecule has 142 valence electrons. The van der Waals surface area contributed by atoms with Gasteiger partial charge in [0.1, 0.15) is 22.9 Å². The SMILES string of the molecule is O=C(COC(=O)c1ccccc1Oc1ccccc1)Nc1ccc(Cl)cc1F. The number of carbonyl (C=O) groups is 2. The van der Waals surface area contributed by atoms with E-state index in [-0.39, 0.29) is 16.3 Å². The van der Waals surface area contributed by atoms with Crippen LogP contribution in [0.5, 0.6) is 11.5 Å². The zero-order valence-electron chi connectivity index (χ0n) is 14.5. The predicted octanol–water partition coefficient (Wildman–Crippen LogP) is 5.07. The Morgan fingerprint density at radius 2 is 1.68 bits per heavy atom. The maximum absolute atomic E-state index is 13.7. The van der Waals surface area contributed by atoms with Crippen LogP contribution in [-0.4, -0.2) is 18.5 Å². The third-order valence-electron chi connectivity index (χ3n) is 3.62.